The van der Waals surface area contributed by atoms with E-state index in [2.05, 4.69) is 33.2 Å². The van der Waals surface area contributed by atoms with Gasteiger partial charge in [-0.3, -0.25) is 4.98 Å². The predicted octanol–water partition coefficient (Wildman–Crippen LogP) is 1.87. The normalized spacial score (nSPS) is 19.4. The van der Waals surface area contributed by atoms with Gasteiger partial charge in [0, 0.05) is 38.9 Å². The van der Waals surface area contributed by atoms with Gasteiger partial charge in [0.15, 0.2) is 0 Å². The van der Waals surface area contributed by atoms with Crippen LogP contribution in [0.1, 0.15) is 31.2 Å². The highest BCUT2D eigenvalue weighted by atomic mass is 15.2. The lowest BCUT2D eigenvalue weighted by atomic mass is 10.2. The summed E-state index contributed by atoms with van der Waals surface area (Å²) in [6, 6.07) is 2.91. The highest BCUT2D eigenvalue weighted by molar-refractivity contribution is 5.51. The van der Waals surface area contributed by atoms with Gasteiger partial charge in [0.25, 0.3) is 0 Å². The molecule has 0 bridgehead atoms. The van der Waals surface area contributed by atoms with Crippen LogP contribution in [-0.2, 0) is 6.54 Å². The smallest absolute Gasteiger partial charge is 0.0596 e. The summed E-state index contributed by atoms with van der Waals surface area (Å²) >= 11 is 0. The van der Waals surface area contributed by atoms with E-state index >= 15 is 0 Å². The Morgan fingerprint density at radius 2 is 2.15 bits per heavy atom. The Labute approximate surface area is 122 Å². The van der Waals surface area contributed by atoms with Crippen LogP contribution in [0.15, 0.2) is 18.5 Å². The third-order valence-corrected chi connectivity index (χ3v) is 4.41. The maximum absolute atomic E-state index is 4.31. The lowest BCUT2D eigenvalue weighted by molar-refractivity contribution is 0.346. The van der Waals surface area contributed by atoms with Crippen molar-refractivity contribution in [2.45, 2.75) is 38.3 Å². The summed E-state index contributed by atoms with van der Waals surface area (Å²) in [5.74, 6) is 0. The minimum absolute atomic E-state index is 0.755. The molecule has 1 aliphatic heterocycles. The average Bonchev–Trinajstić information content (AvgIpc) is 3.17. The molecule has 4 nitrogen and oxygen atoms in total. The highest BCUT2D eigenvalue weighted by Crippen LogP contribution is 2.22. The van der Waals surface area contributed by atoms with Crippen LogP contribution in [0.4, 0.5) is 5.69 Å². The zero-order valence-corrected chi connectivity index (χ0v) is 12.5. The van der Waals surface area contributed by atoms with Gasteiger partial charge in [0.1, 0.15) is 0 Å². The monoisotopic (exact) mass is 274 g/mol. The number of hydrogen-bond donors (Lipinski definition) is 1. The quantitative estimate of drug-likeness (QED) is 0.822. The van der Waals surface area contributed by atoms with Crippen LogP contribution in [0.2, 0.25) is 0 Å². The number of aromatic nitrogens is 1. The highest BCUT2D eigenvalue weighted by Gasteiger charge is 2.21. The van der Waals surface area contributed by atoms with Crippen molar-refractivity contribution in [1.82, 2.24) is 15.2 Å². The number of hydrogen-bond acceptors (Lipinski definition) is 4. The molecule has 1 saturated heterocycles. The first-order valence-electron chi connectivity index (χ1n) is 7.93. The molecule has 2 heterocycles. The van der Waals surface area contributed by atoms with Crippen LogP contribution in [0.5, 0.6) is 0 Å². The van der Waals surface area contributed by atoms with Gasteiger partial charge in [-0.2, -0.15) is 0 Å². The molecule has 0 atom stereocenters. The van der Waals surface area contributed by atoms with E-state index in [9.17, 15) is 0 Å². The van der Waals surface area contributed by atoms with Gasteiger partial charge >= 0.3 is 0 Å². The number of likely N-dealkylation sites (tertiary alicyclic amines) is 1. The van der Waals surface area contributed by atoms with Crippen molar-refractivity contribution in [3.05, 3.63) is 24.0 Å². The van der Waals surface area contributed by atoms with Gasteiger partial charge in [-0.05, 0) is 50.4 Å². The summed E-state index contributed by atoms with van der Waals surface area (Å²) in [5, 5.41) is 3.60. The second-order valence-electron chi connectivity index (χ2n) is 6.13. The van der Waals surface area contributed by atoms with Crippen LogP contribution in [0, 0.1) is 0 Å². The Hall–Kier alpha value is -1.13. The summed E-state index contributed by atoms with van der Waals surface area (Å²) in [7, 11) is 2.19. The van der Waals surface area contributed by atoms with Crippen LogP contribution in [0.3, 0.4) is 0 Å². The number of rotatable bonds is 7. The van der Waals surface area contributed by atoms with Crippen molar-refractivity contribution < 1.29 is 0 Å². The van der Waals surface area contributed by atoms with Crippen LogP contribution in [0.25, 0.3) is 0 Å². The number of pyridine rings is 1. The Kier molecular flexibility index (Phi) is 4.53. The van der Waals surface area contributed by atoms with Gasteiger partial charge < -0.3 is 15.1 Å². The topological polar surface area (TPSA) is 31.4 Å². The third-order valence-electron chi connectivity index (χ3n) is 4.41. The van der Waals surface area contributed by atoms with Crippen molar-refractivity contribution in [3.8, 4) is 0 Å². The van der Waals surface area contributed by atoms with Crippen LogP contribution in [-0.4, -0.2) is 49.2 Å². The standard InChI is InChI=1S/C16H26N4/c1-19(10-11-20-8-2-3-9-20)16-13-17-7-6-14(16)12-18-15-4-5-15/h6-7,13,15,18H,2-5,8-12H2,1H3. The average molecular weight is 274 g/mol. The summed E-state index contributed by atoms with van der Waals surface area (Å²) < 4.78 is 0. The van der Waals surface area contributed by atoms with Crippen LogP contribution >= 0.6 is 0 Å². The maximum atomic E-state index is 4.31. The second kappa shape index (κ2) is 6.55. The summed E-state index contributed by atoms with van der Waals surface area (Å²) in [5.41, 5.74) is 2.65. The molecule has 1 aromatic heterocycles. The summed E-state index contributed by atoms with van der Waals surface area (Å²) in [6.07, 6.45) is 9.33. The predicted molar refractivity (Wildman–Crippen MR) is 83.0 cm³/mol. The van der Waals surface area contributed by atoms with E-state index in [-0.39, 0.29) is 0 Å². The molecule has 1 aliphatic carbocycles. The molecule has 110 valence electrons. The van der Waals surface area contributed by atoms with Gasteiger partial charge in [0.05, 0.1) is 11.9 Å². The zero-order chi connectivity index (χ0) is 13.8. The fourth-order valence-corrected chi connectivity index (χ4v) is 2.87. The molecule has 0 spiro atoms. The number of anilines is 1. The lowest BCUT2D eigenvalue weighted by Gasteiger charge is -2.25. The minimum atomic E-state index is 0.755. The molecule has 0 amide bonds. The molecule has 0 radical (unpaired) electrons. The van der Waals surface area contributed by atoms with Crippen molar-refractivity contribution in [3.63, 3.8) is 0 Å². The molecule has 0 unspecified atom stereocenters. The van der Waals surface area contributed by atoms with E-state index < -0.39 is 0 Å². The molecular formula is C16H26N4. The SMILES string of the molecule is CN(CCN1CCCC1)c1cnccc1CNC1CC1. The summed E-state index contributed by atoms with van der Waals surface area (Å²) in [6.45, 7) is 5.77. The molecule has 4 heteroatoms. The van der Waals surface area contributed by atoms with Crippen molar-refractivity contribution >= 4 is 5.69 Å². The zero-order valence-electron chi connectivity index (χ0n) is 12.5. The second-order valence-corrected chi connectivity index (χ2v) is 6.13. The van der Waals surface area contributed by atoms with E-state index in [1.807, 2.05) is 12.4 Å². The first-order chi connectivity index (χ1) is 9.83. The van der Waals surface area contributed by atoms with E-state index in [4.69, 9.17) is 0 Å². The largest absolute Gasteiger partial charge is 0.372 e. The fraction of sp³-hybridized carbons (Fsp3) is 0.688. The van der Waals surface area contributed by atoms with E-state index in [1.54, 1.807) is 0 Å². The molecule has 1 aromatic rings. The molecular weight excluding hydrogens is 248 g/mol. The Bertz CT molecular complexity index is 424. The maximum Gasteiger partial charge on any atom is 0.0596 e. The van der Waals surface area contributed by atoms with Gasteiger partial charge in [-0.1, -0.05) is 0 Å². The van der Waals surface area contributed by atoms with Crippen LogP contribution < -0.4 is 10.2 Å². The first-order valence-corrected chi connectivity index (χ1v) is 7.93. The van der Waals surface area contributed by atoms with Gasteiger partial charge in [-0.15, -0.1) is 0 Å². The van der Waals surface area contributed by atoms with E-state index in [0.29, 0.717) is 0 Å². The fourth-order valence-electron chi connectivity index (χ4n) is 2.87. The molecule has 1 N–H and O–H groups in total. The number of nitrogens with zero attached hydrogens (tertiary/aromatic N) is 3. The van der Waals surface area contributed by atoms with Gasteiger partial charge in [0.2, 0.25) is 0 Å². The Morgan fingerprint density at radius 3 is 2.90 bits per heavy atom. The first kappa shape index (κ1) is 13.8. The van der Waals surface area contributed by atoms with Crippen molar-refractivity contribution in [2.24, 2.45) is 0 Å². The van der Waals surface area contributed by atoms with E-state index in [0.717, 1.165) is 19.1 Å². The molecule has 20 heavy (non-hydrogen) atoms. The minimum Gasteiger partial charge on any atom is -0.372 e. The summed E-state index contributed by atoms with van der Waals surface area (Å²) in [4.78, 5) is 9.23. The molecule has 2 fully saturated rings. The van der Waals surface area contributed by atoms with Crippen molar-refractivity contribution in [1.29, 1.82) is 0 Å². The molecule has 0 aromatic carbocycles. The third kappa shape index (κ3) is 3.70. The number of nitrogens with one attached hydrogen (secondary N) is 1. The van der Waals surface area contributed by atoms with Gasteiger partial charge in [-0.25, -0.2) is 0 Å². The Morgan fingerprint density at radius 1 is 1.35 bits per heavy atom. The van der Waals surface area contributed by atoms with Crippen molar-refractivity contribution in [2.75, 3.05) is 38.1 Å². The lowest BCUT2D eigenvalue weighted by Crippen LogP contribution is -2.32. The van der Waals surface area contributed by atoms with E-state index in [1.165, 1.54) is 56.6 Å². The number of likely N-dealkylation sites (N-methyl/N-ethyl adjacent to an activating group) is 1. The molecule has 3 rings (SSSR count). The Balaban J connectivity index is 1.55. The molecule has 2 aliphatic rings. The molecule has 1 saturated carbocycles.